The lowest BCUT2D eigenvalue weighted by atomic mass is 10.1. The van der Waals surface area contributed by atoms with Gasteiger partial charge in [0.2, 0.25) is 10.0 Å². The fourth-order valence-electron chi connectivity index (χ4n) is 3.10. The van der Waals surface area contributed by atoms with Crippen molar-refractivity contribution in [3.8, 4) is 0 Å². The highest BCUT2D eigenvalue weighted by molar-refractivity contribution is 7.89. The SMILES string of the molecule is COC(=O)c1cc(C)ccc1S(=O)(=O)N1CCNCC1c1cccnc1. The van der Waals surface area contributed by atoms with Crippen molar-refractivity contribution >= 4 is 16.0 Å². The molecule has 1 aromatic heterocycles. The highest BCUT2D eigenvalue weighted by atomic mass is 32.2. The normalized spacial score (nSPS) is 18.5. The molecule has 1 unspecified atom stereocenters. The van der Waals surface area contributed by atoms with Crippen molar-refractivity contribution in [1.82, 2.24) is 14.6 Å². The average Bonchev–Trinajstić information content (AvgIpc) is 2.67. The van der Waals surface area contributed by atoms with Gasteiger partial charge in [-0.2, -0.15) is 4.31 Å². The maximum Gasteiger partial charge on any atom is 0.339 e. The predicted molar refractivity (Wildman–Crippen MR) is 96.3 cm³/mol. The first-order valence-electron chi connectivity index (χ1n) is 8.26. The lowest BCUT2D eigenvalue weighted by Gasteiger charge is -2.35. The topological polar surface area (TPSA) is 88.6 Å². The van der Waals surface area contributed by atoms with Crippen LogP contribution in [0.3, 0.4) is 0 Å². The summed E-state index contributed by atoms with van der Waals surface area (Å²) in [6.07, 6.45) is 3.31. The molecule has 7 nitrogen and oxygen atoms in total. The van der Waals surface area contributed by atoms with Gasteiger partial charge in [-0.3, -0.25) is 4.98 Å². The second-order valence-electron chi connectivity index (χ2n) is 6.11. The smallest absolute Gasteiger partial charge is 0.339 e. The van der Waals surface area contributed by atoms with E-state index in [1.165, 1.54) is 17.5 Å². The van der Waals surface area contributed by atoms with Crippen LogP contribution in [0.5, 0.6) is 0 Å². The summed E-state index contributed by atoms with van der Waals surface area (Å²) in [7, 11) is -2.66. The third-order valence-electron chi connectivity index (χ3n) is 4.39. The molecular formula is C18H21N3O4S. The largest absolute Gasteiger partial charge is 0.465 e. The molecule has 0 aliphatic carbocycles. The summed E-state index contributed by atoms with van der Waals surface area (Å²) >= 11 is 0. The van der Waals surface area contributed by atoms with E-state index in [9.17, 15) is 13.2 Å². The molecule has 0 saturated carbocycles. The summed E-state index contributed by atoms with van der Waals surface area (Å²) in [5.74, 6) is -0.666. The molecule has 1 aliphatic heterocycles. The van der Waals surface area contributed by atoms with Crippen LogP contribution in [0.1, 0.15) is 27.5 Å². The van der Waals surface area contributed by atoms with Crippen molar-refractivity contribution < 1.29 is 17.9 Å². The van der Waals surface area contributed by atoms with Crippen LogP contribution in [0.15, 0.2) is 47.6 Å². The third-order valence-corrected chi connectivity index (χ3v) is 6.36. The van der Waals surface area contributed by atoms with Gasteiger partial charge in [-0.1, -0.05) is 17.7 Å². The maximum atomic E-state index is 13.4. The van der Waals surface area contributed by atoms with Gasteiger partial charge in [0.25, 0.3) is 0 Å². The van der Waals surface area contributed by atoms with Gasteiger partial charge in [-0.15, -0.1) is 0 Å². The number of piperazine rings is 1. The number of esters is 1. The van der Waals surface area contributed by atoms with Crippen LogP contribution in [0.2, 0.25) is 0 Å². The monoisotopic (exact) mass is 375 g/mol. The van der Waals surface area contributed by atoms with E-state index in [0.717, 1.165) is 11.1 Å². The minimum absolute atomic E-state index is 0.0364. The Morgan fingerprint density at radius 3 is 2.85 bits per heavy atom. The van der Waals surface area contributed by atoms with Crippen molar-refractivity contribution in [2.24, 2.45) is 0 Å². The Kier molecular flexibility index (Phi) is 5.36. The minimum Gasteiger partial charge on any atom is -0.465 e. The van der Waals surface area contributed by atoms with E-state index in [1.54, 1.807) is 37.5 Å². The number of pyridine rings is 1. The number of ether oxygens (including phenoxy) is 1. The molecule has 3 rings (SSSR count). The molecule has 1 aliphatic rings. The Labute approximate surface area is 153 Å². The van der Waals surface area contributed by atoms with Crippen molar-refractivity contribution in [3.05, 3.63) is 59.4 Å². The third kappa shape index (κ3) is 3.48. The van der Waals surface area contributed by atoms with Crippen molar-refractivity contribution in [2.75, 3.05) is 26.7 Å². The summed E-state index contributed by atoms with van der Waals surface area (Å²) in [5.41, 5.74) is 1.64. The van der Waals surface area contributed by atoms with Crippen molar-refractivity contribution in [2.45, 2.75) is 17.9 Å². The Morgan fingerprint density at radius 1 is 1.35 bits per heavy atom. The van der Waals surface area contributed by atoms with Crippen LogP contribution < -0.4 is 5.32 Å². The van der Waals surface area contributed by atoms with E-state index in [0.29, 0.717) is 19.6 Å². The number of nitrogens with one attached hydrogen (secondary N) is 1. The number of methoxy groups -OCH3 is 1. The fraction of sp³-hybridized carbons (Fsp3) is 0.333. The first-order valence-corrected chi connectivity index (χ1v) is 9.70. The zero-order valence-corrected chi connectivity index (χ0v) is 15.5. The van der Waals surface area contributed by atoms with Gasteiger partial charge in [0.1, 0.15) is 0 Å². The molecule has 1 fully saturated rings. The van der Waals surface area contributed by atoms with Gasteiger partial charge in [0, 0.05) is 32.0 Å². The van der Waals surface area contributed by atoms with E-state index >= 15 is 0 Å². The Bertz CT molecular complexity index is 900. The van der Waals surface area contributed by atoms with E-state index in [-0.39, 0.29) is 10.5 Å². The zero-order valence-electron chi connectivity index (χ0n) is 14.7. The number of nitrogens with zero attached hydrogens (tertiary/aromatic N) is 2. The quantitative estimate of drug-likeness (QED) is 0.815. The lowest BCUT2D eigenvalue weighted by molar-refractivity contribution is 0.0596. The average molecular weight is 375 g/mol. The fourth-order valence-corrected chi connectivity index (χ4v) is 4.87. The van der Waals surface area contributed by atoms with Crippen LogP contribution >= 0.6 is 0 Å². The predicted octanol–water partition coefficient (Wildman–Crippen LogP) is 1.51. The highest BCUT2D eigenvalue weighted by Crippen LogP contribution is 2.30. The van der Waals surface area contributed by atoms with Crippen LogP contribution in [-0.2, 0) is 14.8 Å². The second kappa shape index (κ2) is 7.53. The molecule has 0 amide bonds. The highest BCUT2D eigenvalue weighted by Gasteiger charge is 2.36. The number of hydrogen-bond acceptors (Lipinski definition) is 6. The van der Waals surface area contributed by atoms with Crippen LogP contribution in [0.25, 0.3) is 0 Å². The molecule has 1 saturated heterocycles. The molecule has 0 spiro atoms. The Hall–Kier alpha value is -2.29. The summed E-state index contributed by atoms with van der Waals surface area (Å²) in [6.45, 7) is 3.11. The molecule has 2 aromatic rings. The number of hydrogen-bond donors (Lipinski definition) is 1. The Morgan fingerprint density at radius 2 is 2.15 bits per heavy atom. The molecule has 138 valence electrons. The van der Waals surface area contributed by atoms with Gasteiger partial charge in [-0.25, -0.2) is 13.2 Å². The first kappa shape index (κ1) is 18.5. The number of rotatable bonds is 4. The van der Waals surface area contributed by atoms with Crippen LogP contribution in [-0.4, -0.2) is 50.4 Å². The minimum atomic E-state index is -3.90. The summed E-state index contributed by atoms with van der Waals surface area (Å²) < 4.78 is 33.0. The van der Waals surface area contributed by atoms with Gasteiger partial charge in [-0.05, 0) is 30.7 Å². The zero-order chi connectivity index (χ0) is 18.7. The molecule has 1 atom stereocenters. The number of carbonyl (C=O) groups excluding carboxylic acids is 1. The first-order chi connectivity index (χ1) is 12.4. The molecule has 1 N–H and O–H groups in total. The number of benzene rings is 1. The molecule has 0 radical (unpaired) electrons. The van der Waals surface area contributed by atoms with Crippen molar-refractivity contribution in [3.63, 3.8) is 0 Å². The van der Waals surface area contributed by atoms with Crippen molar-refractivity contribution in [1.29, 1.82) is 0 Å². The molecule has 26 heavy (non-hydrogen) atoms. The molecule has 2 heterocycles. The van der Waals surface area contributed by atoms with Gasteiger partial charge in [0.15, 0.2) is 0 Å². The molecule has 8 heteroatoms. The molecular weight excluding hydrogens is 354 g/mol. The number of aryl methyl sites for hydroxylation is 1. The van der Waals surface area contributed by atoms with E-state index in [1.807, 2.05) is 6.07 Å². The number of carbonyl (C=O) groups is 1. The number of sulfonamides is 1. The van der Waals surface area contributed by atoms with Gasteiger partial charge < -0.3 is 10.1 Å². The standard InChI is InChI=1S/C18H21N3O4S/c1-13-5-6-17(15(10-13)18(22)25-2)26(23,24)21-9-8-20-12-16(21)14-4-3-7-19-11-14/h3-7,10-11,16,20H,8-9,12H2,1-2H3. The van der Waals surface area contributed by atoms with Crippen LogP contribution in [0.4, 0.5) is 0 Å². The second-order valence-corrected chi connectivity index (χ2v) is 7.97. The number of aromatic nitrogens is 1. The maximum absolute atomic E-state index is 13.4. The lowest BCUT2D eigenvalue weighted by Crippen LogP contribution is -2.48. The summed E-state index contributed by atoms with van der Waals surface area (Å²) in [4.78, 5) is 16.2. The van der Waals surface area contributed by atoms with E-state index in [4.69, 9.17) is 4.74 Å². The van der Waals surface area contributed by atoms with Gasteiger partial charge >= 0.3 is 5.97 Å². The van der Waals surface area contributed by atoms with E-state index in [2.05, 4.69) is 10.3 Å². The summed E-state index contributed by atoms with van der Waals surface area (Å²) in [6, 6.07) is 7.93. The molecule has 0 bridgehead atoms. The molecule has 1 aromatic carbocycles. The van der Waals surface area contributed by atoms with E-state index < -0.39 is 22.0 Å². The Balaban J connectivity index is 2.08. The summed E-state index contributed by atoms with van der Waals surface area (Å²) in [5, 5.41) is 3.22. The van der Waals surface area contributed by atoms with Crippen LogP contribution in [0, 0.1) is 6.92 Å². The van der Waals surface area contributed by atoms with Gasteiger partial charge in [0.05, 0.1) is 23.6 Å².